The molecular formula is C15H22N2O3. The molecule has 0 aromatic heterocycles. The highest BCUT2D eigenvalue weighted by molar-refractivity contribution is 5.85. The Balaban J connectivity index is 1.72. The molecule has 20 heavy (non-hydrogen) atoms. The number of likely N-dealkylation sites (tertiary alicyclic amines) is 2. The molecule has 2 aliphatic rings. The van der Waals surface area contributed by atoms with E-state index in [1.807, 2.05) is 0 Å². The highest BCUT2D eigenvalue weighted by Gasteiger charge is 2.33. The Morgan fingerprint density at radius 3 is 2.60 bits per heavy atom. The zero-order valence-electron chi connectivity index (χ0n) is 12.1. The number of piperidine rings is 1. The summed E-state index contributed by atoms with van der Waals surface area (Å²) in [5.41, 5.74) is 0. The number of carbonyl (C=O) groups is 2. The Morgan fingerprint density at radius 2 is 1.90 bits per heavy atom. The van der Waals surface area contributed by atoms with E-state index in [4.69, 9.17) is 4.74 Å². The molecule has 0 unspecified atom stereocenters. The van der Waals surface area contributed by atoms with E-state index < -0.39 is 12.1 Å². The van der Waals surface area contributed by atoms with Crippen LogP contribution in [0.3, 0.4) is 0 Å². The van der Waals surface area contributed by atoms with Crippen LogP contribution in [0.4, 0.5) is 0 Å². The van der Waals surface area contributed by atoms with E-state index in [2.05, 4.69) is 16.7 Å². The Morgan fingerprint density at radius 1 is 1.20 bits per heavy atom. The second-order valence-corrected chi connectivity index (χ2v) is 5.34. The van der Waals surface area contributed by atoms with E-state index in [9.17, 15) is 9.59 Å². The zero-order valence-corrected chi connectivity index (χ0v) is 12.1. The Kier molecular flexibility index (Phi) is 5.42. The van der Waals surface area contributed by atoms with Crippen molar-refractivity contribution >= 4 is 11.9 Å². The molecule has 2 heterocycles. The number of hydrogen-bond acceptors (Lipinski definition) is 4. The predicted octanol–water partition coefficient (Wildman–Crippen LogP) is 0.640. The van der Waals surface area contributed by atoms with Crippen LogP contribution >= 0.6 is 0 Å². The maximum Gasteiger partial charge on any atom is 0.303 e. The van der Waals surface area contributed by atoms with Crippen molar-refractivity contribution in [3.8, 4) is 11.8 Å². The highest BCUT2D eigenvalue weighted by Crippen LogP contribution is 2.14. The first-order valence-corrected chi connectivity index (χ1v) is 7.31. The van der Waals surface area contributed by atoms with E-state index >= 15 is 0 Å². The van der Waals surface area contributed by atoms with Gasteiger partial charge in [-0.3, -0.25) is 14.5 Å². The third-order valence-corrected chi connectivity index (χ3v) is 3.70. The summed E-state index contributed by atoms with van der Waals surface area (Å²) in [4.78, 5) is 26.8. The van der Waals surface area contributed by atoms with E-state index in [0.717, 1.165) is 19.6 Å². The normalized spacial score (nSPS) is 23.4. The molecule has 0 saturated carbocycles. The summed E-state index contributed by atoms with van der Waals surface area (Å²) in [7, 11) is 0. The largest absolute Gasteiger partial charge is 0.452 e. The fraction of sp³-hybridized carbons (Fsp3) is 0.733. The van der Waals surface area contributed by atoms with Gasteiger partial charge in [-0.2, -0.15) is 0 Å². The molecule has 0 bridgehead atoms. The summed E-state index contributed by atoms with van der Waals surface area (Å²) in [6.07, 6.45) is 3.82. The molecule has 2 fully saturated rings. The van der Waals surface area contributed by atoms with Gasteiger partial charge in [-0.15, -0.1) is 0 Å². The van der Waals surface area contributed by atoms with Crippen LogP contribution < -0.4 is 0 Å². The van der Waals surface area contributed by atoms with Gasteiger partial charge in [0.25, 0.3) is 5.91 Å². The highest BCUT2D eigenvalue weighted by atomic mass is 16.5. The summed E-state index contributed by atoms with van der Waals surface area (Å²) in [6.45, 7) is 5.43. The number of nitrogens with zero attached hydrogens (tertiary/aromatic N) is 2. The van der Waals surface area contributed by atoms with Crippen molar-refractivity contribution in [2.24, 2.45) is 0 Å². The Labute approximate surface area is 120 Å². The van der Waals surface area contributed by atoms with Gasteiger partial charge in [-0.1, -0.05) is 18.3 Å². The molecule has 0 aromatic rings. The summed E-state index contributed by atoms with van der Waals surface area (Å²) in [5.74, 6) is 5.66. The number of amides is 1. The molecule has 2 aliphatic heterocycles. The smallest absolute Gasteiger partial charge is 0.303 e. The van der Waals surface area contributed by atoms with Crippen LogP contribution in [0.5, 0.6) is 0 Å². The van der Waals surface area contributed by atoms with Crippen molar-refractivity contribution in [2.75, 3.05) is 32.7 Å². The van der Waals surface area contributed by atoms with Gasteiger partial charge >= 0.3 is 5.97 Å². The van der Waals surface area contributed by atoms with E-state index in [1.165, 1.54) is 26.2 Å². The number of rotatable bonds is 3. The first-order valence-electron chi connectivity index (χ1n) is 7.31. The second-order valence-electron chi connectivity index (χ2n) is 5.34. The average molecular weight is 278 g/mol. The summed E-state index contributed by atoms with van der Waals surface area (Å²) < 4.78 is 4.97. The SMILES string of the molecule is CC(=O)O[C@H]1CCN(CC#CCN2CCCCC2)C1=O. The molecule has 110 valence electrons. The molecule has 1 amide bonds. The van der Waals surface area contributed by atoms with Gasteiger partial charge in [0.2, 0.25) is 0 Å². The minimum atomic E-state index is -0.601. The predicted molar refractivity (Wildman–Crippen MR) is 74.8 cm³/mol. The van der Waals surface area contributed by atoms with Crippen molar-refractivity contribution in [3.63, 3.8) is 0 Å². The quantitative estimate of drug-likeness (QED) is 0.561. The summed E-state index contributed by atoms with van der Waals surface area (Å²) in [5, 5.41) is 0. The lowest BCUT2D eigenvalue weighted by Gasteiger charge is -2.23. The van der Waals surface area contributed by atoms with Gasteiger partial charge in [-0.25, -0.2) is 0 Å². The first kappa shape index (κ1) is 14.9. The van der Waals surface area contributed by atoms with Crippen molar-refractivity contribution in [3.05, 3.63) is 0 Å². The molecule has 0 aliphatic carbocycles. The molecule has 2 saturated heterocycles. The first-order chi connectivity index (χ1) is 9.66. The van der Waals surface area contributed by atoms with Gasteiger partial charge in [0.1, 0.15) is 0 Å². The van der Waals surface area contributed by atoms with E-state index in [0.29, 0.717) is 19.5 Å². The van der Waals surface area contributed by atoms with E-state index in [1.54, 1.807) is 4.90 Å². The van der Waals surface area contributed by atoms with Gasteiger partial charge in [0.15, 0.2) is 6.10 Å². The van der Waals surface area contributed by atoms with E-state index in [-0.39, 0.29) is 5.91 Å². The minimum Gasteiger partial charge on any atom is -0.452 e. The third-order valence-electron chi connectivity index (χ3n) is 3.70. The van der Waals surface area contributed by atoms with Gasteiger partial charge in [0.05, 0.1) is 13.1 Å². The number of carbonyl (C=O) groups excluding carboxylic acids is 2. The Bertz CT molecular complexity index is 419. The average Bonchev–Trinajstić information content (AvgIpc) is 2.77. The molecule has 0 N–H and O–H groups in total. The molecule has 0 spiro atoms. The number of esters is 1. The topological polar surface area (TPSA) is 49.9 Å². The van der Waals surface area contributed by atoms with Crippen LogP contribution in [0.25, 0.3) is 0 Å². The monoisotopic (exact) mass is 278 g/mol. The molecule has 5 nitrogen and oxygen atoms in total. The third kappa shape index (κ3) is 4.24. The van der Waals surface area contributed by atoms with Crippen LogP contribution in [-0.2, 0) is 14.3 Å². The van der Waals surface area contributed by atoms with Gasteiger partial charge < -0.3 is 9.64 Å². The van der Waals surface area contributed by atoms with Crippen LogP contribution in [0.1, 0.15) is 32.6 Å². The van der Waals surface area contributed by atoms with Gasteiger partial charge in [0, 0.05) is 19.9 Å². The van der Waals surface area contributed by atoms with Crippen LogP contribution in [0.2, 0.25) is 0 Å². The maximum absolute atomic E-state index is 11.9. The Hall–Kier alpha value is -1.54. The number of hydrogen-bond donors (Lipinski definition) is 0. The van der Waals surface area contributed by atoms with Crippen LogP contribution in [0.15, 0.2) is 0 Å². The molecule has 5 heteroatoms. The minimum absolute atomic E-state index is 0.118. The molecule has 0 aromatic carbocycles. The van der Waals surface area contributed by atoms with Crippen molar-refractivity contribution in [1.82, 2.24) is 9.80 Å². The maximum atomic E-state index is 11.9. The summed E-state index contributed by atoms with van der Waals surface area (Å²) in [6, 6.07) is 0. The lowest BCUT2D eigenvalue weighted by atomic mass is 10.1. The molecule has 1 atom stereocenters. The lowest BCUT2D eigenvalue weighted by Crippen LogP contribution is -2.32. The van der Waals surface area contributed by atoms with Crippen LogP contribution in [0, 0.1) is 11.8 Å². The molecule has 2 rings (SSSR count). The van der Waals surface area contributed by atoms with Crippen molar-refractivity contribution < 1.29 is 14.3 Å². The fourth-order valence-corrected chi connectivity index (χ4v) is 2.61. The second kappa shape index (κ2) is 7.30. The van der Waals surface area contributed by atoms with Gasteiger partial charge in [-0.05, 0) is 25.9 Å². The molecule has 0 radical (unpaired) electrons. The summed E-state index contributed by atoms with van der Waals surface area (Å²) >= 11 is 0. The fourth-order valence-electron chi connectivity index (χ4n) is 2.61. The van der Waals surface area contributed by atoms with Crippen LogP contribution in [-0.4, -0.2) is 60.5 Å². The molecular weight excluding hydrogens is 256 g/mol. The zero-order chi connectivity index (χ0) is 14.4. The lowest BCUT2D eigenvalue weighted by molar-refractivity contribution is -0.154. The van der Waals surface area contributed by atoms with Crippen molar-refractivity contribution in [2.45, 2.75) is 38.7 Å². The van der Waals surface area contributed by atoms with Crippen molar-refractivity contribution in [1.29, 1.82) is 0 Å². The number of ether oxygens (including phenoxy) is 1. The standard InChI is InChI=1S/C15H22N2O3/c1-13(18)20-14-7-12-17(15(14)19)11-6-5-10-16-8-3-2-4-9-16/h14H,2-4,7-12H2,1H3/t14-/m0/s1.